The van der Waals surface area contributed by atoms with Gasteiger partial charge in [0.15, 0.2) is 0 Å². The second-order valence-electron chi connectivity index (χ2n) is 8.39. The quantitative estimate of drug-likeness (QED) is 0.552. The summed E-state index contributed by atoms with van der Waals surface area (Å²) in [6, 6.07) is 6.11. The summed E-state index contributed by atoms with van der Waals surface area (Å²) in [4.78, 5) is 24.7. The summed E-state index contributed by atoms with van der Waals surface area (Å²) in [5.74, 6) is 0. The minimum absolute atomic E-state index is 0.102. The number of anilines is 1. The van der Waals surface area contributed by atoms with E-state index >= 15 is 0 Å². The van der Waals surface area contributed by atoms with E-state index in [-0.39, 0.29) is 5.56 Å². The fourth-order valence-corrected chi connectivity index (χ4v) is 4.40. The normalized spacial score (nSPS) is 17.0. The van der Waals surface area contributed by atoms with Crippen LogP contribution in [0.3, 0.4) is 0 Å². The molecular weight excluding hydrogens is 390 g/mol. The standard InChI is InChI=1S/C23H27N7O/c1-5-17-12-28(7-6-24-17)18-8-14(2)23-26-19(10-22(31)29(23)13-18)20-9-21-16(4)25-15(3)11-30(21)27-20/h8-11,13,17,24H,5-7,12H2,1-4H3/t17-/m0/s1. The number of aromatic nitrogens is 5. The molecule has 8 heteroatoms. The Labute approximate surface area is 180 Å². The molecule has 5 rings (SSSR count). The molecule has 0 bridgehead atoms. The van der Waals surface area contributed by atoms with Crippen molar-refractivity contribution in [3.05, 3.63) is 57.9 Å². The van der Waals surface area contributed by atoms with Crippen molar-refractivity contribution in [2.45, 2.75) is 40.2 Å². The average Bonchev–Trinajstić information content (AvgIpc) is 3.18. The van der Waals surface area contributed by atoms with Crippen LogP contribution in [-0.4, -0.2) is 49.7 Å². The van der Waals surface area contributed by atoms with Gasteiger partial charge in [-0.05, 0) is 44.9 Å². The van der Waals surface area contributed by atoms with Gasteiger partial charge in [0, 0.05) is 37.9 Å². The van der Waals surface area contributed by atoms with Gasteiger partial charge in [-0.25, -0.2) is 9.50 Å². The van der Waals surface area contributed by atoms with E-state index in [1.807, 2.05) is 39.2 Å². The first-order valence-corrected chi connectivity index (χ1v) is 10.8. The van der Waals surface area contributed by atoms with E-state index in [2.05, 4.69) is 33.3 Å². The van der Waals surface area contributed by atoms with Crippen LogP contribution in [0.15, 0.2) is 35.4 Å². The van der Waals surface area contributed by atoms with Crippen molar-refractivity contribution in [2.24, 2.45) is 0 Å². The first-order valence-electron chi connectivity index (χ1n) is 10.8. The van der Waals surface area contributed by atoms with Crippen LogP contribution in [0.1, 0.15) is 30.3 Å². The van der Waals surface area contributed by atoms with Gasteiger partial charge < -0.3 is 10.2 Å². The molecule has 1 aliphatic heterocycles. The lowest BCUT2D eigenvalue weighted by molar-refractivity contribution is 0.446. The van der Waals surface area contributed by atoms with Gasteiger partial charge in [0.25, 0.3) is 5.56 Å². The Balaban J connectivity index is 1.59. The molecule has 4 aromatic heterocycles. The molecule has 0 amide bonds. The highest BCUT2D eigenvalue weighted by atomic mass is 16.1. The Kier molecular flexibility index (Phi) is 4.74. The predicted molar refractivity (Wildman–Crippen MR) is 122 cm³/mol. The topological polar surface area (TPSA) is 79.8 Å². The lowest BCUT2D eigenvalue weighted by Crippen LogP contribution is -2.50. The molecule has 0 spiro atoms. The molecule has 1 saturated heterocycles. The Bertz CT molecular complexity index is 1350. The van der Waals surface area contributed by atoms with Crippen molar-refractivity contribution in [1.29, 1.82) is 0 Å². The second-order valence-corrected chi connectivity index (χ2v) is 8.39. The highest BCUT2D eigenvalue weighted by Crippen LogP contribution is 2.23. The number of rotatable bonds is 3. The van der Waals surface area contributed by atoms with Gasteiger partial charge >= 0.3 is 0 Å². The predicted octanol–water partition coefficient (Wildman–Crippen LogP) is 2.52. The number of aryl methyl sites for hydroxylation is 3. The molecule has 31 heavy (non-hydrogen) atoms. The van der Waals surface area contributed by atoms with Crippen LogP contribution in [0.5, 0.6) is 0 Å². The van der Waals surface area contributed by atoms with Crippen molar-refractivity contribution in [3.63, 3.8) is 0 Å². The molecule has 160 valence electrons. The molecule has 1 fully saturated rings. The number of nitrogens with zero attached hydrogens (tertiary/aromatic N) is 6. The van der Waals surface area contributed by atoms with Crippen LogP contribution in [0.2, 0.25) is 0 Å². The Morgan fingerprint density at radius 3 is 2.74 bits per heavy atom. The Morgan fingerprint density at radius 2 is 1.94 bits per heavy atom. The zero-order chi connectivity index (χ0) is 21.7. The zero-order valence-corrected chi connectivity index (χ0v) is 18.4. The molecule has 4 aromatic rings. The fourth-order valence-electron chi connectivity index (χ4n) is 4.40. The third-order valence-corrected chi connectivity index (χ3v) is 6.07. The maximum absolute atomic E-state index is 13.1. The van der Waals surface area contributed by atoms with Gasteiger partial charge in [-0.15, -0.1) is 0 Å². The summed E-state index contributed by atoms with van der Waals surface area (Å²) in [6.45, 7) is 10.9. The fraction of sp³-hybridized carbons (Fsp3) is 0.391. The Morgan fingerprint density at radius 1 is 1.10 bits per heavy atom. The molecule has 1 aliphatic rings. The van der Waals surface area contributed by atoms with Gasteiger partial charge in [-0.3, -0.25) is 14.2 Å². The van der Waals surface area contributed by atoms with E-state index in [9.17, 15) is 4.79 Å². The molecular formula is C23H27N7O. The van der Waals surface area contributed by atoms with Gasteiger partial charge in [0.1, 0.15) is 11.3 Å². The van der Waals surface area contributed by atoms with Gasteiger partial charge in [0.2, 0.25) is 0 Å². The lowest BCUT2D eigenvalue weighted by atomic mass is 10.1. The molecule has 1 atom stereocenters. The summed E-state index contributed by atoms with van der Waals surface area (Å²) < 4.78 is 3.46. The van der Waals surface area contributed by atoms with Gasteiger partial charge in [-0.1, -0.05) is 6.92 Å². The maximum atomic E-state index is 13.1. The van der Waals surface area contributed by atoms with Crippen LogP contribution in [-0.2, 0) is 0 Å². The zero-order valence-electron chi connectivity index (χ0n) is 18.4. The van der Waals surface area contributed by atoms with Crippen molar-refractivity contribution >= 4 is 16.9 Å². The minimum atomic E-state index is -0.102. The second kappa shape index (κ2) is 7.46. The average molecular weight is 418 g/mol. The first kappa shape index (κ1) is 19.7. The van der Waals surface area contributed by atoms with Crippen LogP contribution in [0, 0.1) is 20.8 Å². The van der Waals surface area contributed by atoms with Crippen molar-refractivity contribution in [1.82, 2.24) is 29.3 Å². The monoisotopic (exact) mass is 417 g/mol. The van der Waals surface area contributed by atoms with E-state index in [1.54, 1.807) is 15.0 Å². The summed E-state index contributed by atoms with van der Waals surface area (Å²) in [5.41, 5.74) is 6.56. The minimum Gasteiger partial charge on any atom is -0.367 e. The van der Waals surface area contributed by atoms with E-state index in [0.717, 1.165) is 54.2 Å². The highest BCUT2D eigenvalue weighted by molar-refractivity contribution is 5.67. The van der Waals surface area contributed by atoms with E-state index in [4.69, 9.17) is 4.98 Å². The van der Waals surface area contributed by atoms with Crippen molar-refractivity contribution in [2.75, 3.05) is 24.5 Å². The van der Waals surface area contributed by atoms with Crippen LogP contribution in [0.25, 0.3) is 22.6 Å². The van der Waals surface area contributed by atoms with Crippen molar-refractivity contribution in [3.8, 4) is 11.4 Å². The van der Waals surface area contributed by atoms with E-state index in [1.165, 1.54) is 0 Å². The number of hydrogen-bond acceptors (Lipinski definition) is 6. The first-order chi connectivity index (χ1) is 14.9. The largest absolute Gasteiger partial charge is 0.367 e. The molecule has 0 radical (unpaired) electrons. The maximum Gasteiger partial charge on any atom is 0.258 e. The Hall–Kier alpha value is -3.26. The van der Waals surface area contributed by atoms with E-state index in [0.29, 0.717) is 23.1 Å². The van der Waals surface area contributed by atoms with Crippen molar-refractivity contribution < 1.29 is 0 Å². The third kappa shape index (κ3) is 3.46. The number of pyridine rings is 1. The third-order valence-electron chi connectivity index (χ3n) is 6.07. The van der Waals surface area contributed by atoms with Crippen LogP contribution in [0.4, 0.5) is 5.69 Å². The summed E-state index contributed by atoms with van der Waals surface area (Å²) in [6.07, 6.45) is 4.89. The smallest absolute Gasteiger partial charge is 0.258 e. The molecule has 0 aromatic carbocycles. The van der Waals surface area contributed by atoms with Crippen LogP contribution >= 0.6 is 0 Å². The molecule has 5 heterocycles. The number of hydrogen-bond donors (Lipinski definition) is 1. The molecule has 0 unspecified atom stereocenters. The summed E-state index contributed by atoms with van der Waals surface area (Å²) in [5, 5.41) is 8.18. The van der Waals surface area contributed by atoms with Gasteiger partial charge in [0.05, 0.1) is 34.5 Å². The van der Waals surface area contributed by atoms with Crippen LogP contribution < -0.4 is 15.8 Å². The molecule has 1 N–H and O–H groups in total. The molecule has 0 aliphatic carbocycles. The van der Waals surface area contributed by atoms with Gasteiger partial charge in [-0.2, -0.15) is 5.10 Å². The number of piperazine rings is 1. The summed E-state index contributed by atoms with van der Waals surface area (Å²) in [7, 11) is 0. The SMILES string of the molecule is CC[C@H]1CN(c2cc(C)c3nc(-c4cc5c(C)nc(C)cn5n4)cc(=O)n3c2)CCN1. The lowest BCUT2D eigenvalue weighted by Gasteiger charge is -2.35. The number of nitrogens with one attached hydrogen (secondary N) is 1. The number of fused-ring (bicyclic) bond motifs is 2. The summed E-state index contributed by atoms with van der Waals surface area (Å²) >= 11 is 0. The highest BCUT2D eigenvalue weighted by Gasteiger charge is 2.20. The molecule has 0 saturated carbocycles. The van der Waals surface area contributed by atoms with E-state index < -0.39 is 0 Å². The molecule has 8 nitrogen and oxygen atoms in total.